The fourth-order valence-electron chi connectivity index (χ4n) is 1.39. The van der Waals surface area contributed by atoms with E-state index in [4.69, 9.17) is 0 Å². The van der Waals surface area contributed by atoms with E-state index in [1.54, 1.807) is 6.07 Å². The summed E-state index contributed by atoms with van der Waals surface area (Å²) in [5, 5.41) is 3.65. The average Bonchev–Trinajstić information content (AvgIpc) is 2.74. The molecule has 0 saturated carbocycles. The van der Waals surface area contributed by atoms with Crippen LogP contribution in [-0.4, -0.2) is 5.78 Å². The standard InChI is InChI=1S/C12H8F2OS/c13-9-1-2-11(14)10(6-9)12(15)5-8-3-4-16-7-8/h1-4,6-7H,5H2. The molecule has 2 rings (SSSR count). The topological polar surface area (TPSA) is 17.1 Å². The van der Waals surface area contributed by atoms with E-state index in [9.17, 15) is 13.6 Å². The zero-order valence-corrected chi connectivity index (χ0v) is 9.06. The van der Waals surface area contributed by atoms with E-state index in [1.807, 2.05) is 10.8 Å². The predicted molar refractivity (Wildman–Crippen MR) is 58.7 cm³/mol. The summed E-state index contributed by atoms with van der Waals surface area (Å²) >= 11 is 1.46. The number of hydrogen-bond acceptors (Lipinski definition) is 2. The Hall–Kier alpha value is -1.55. The second kappa shape index (κ2) is 4.53. The number of benzene rings is 1. The summed E-state index contributed by atoms with van der Waals surface area (Å²) in [6.07, 6.45) is 0.101. The van der Waals surface area contributed by atoms with E-state index in [1.165, 1.54) is 11.3 Å². The Labute approximate surface area is 95.4 Å². The number of ketones is 1. The van der Waals surface area contributed by atoms with Gasteiger partial charge in [-0.2, -0.15) is 11.3 Å². The van der Waals surface area contributed by atoms with Crippen LogP contribution in [0.5, 0.6) is 0 Å². The third kappa shape index (κ3) is 2.33. The monoisotopic (exact) mass is 238 g/mol. The Morgan fingerprint density at radius 2 is 2.06 bits per heavy atom. The van der Waals surface area contributed by atoms with Gasteiger partial charge in [-0.25, -0.2) is 8.78 Å². The SMILES string of the molecule is O=C(Cc1ccsc1)c1cc(F)ccc1F. The highest BCUT2D eigenvalue weighted by molar-refractivity contribution is 7.08. The van der Waals surface area contributed by atoms with Gasteiger partial charge >= 0.3 is 0 Å². The van der Waals surface area contributed by atoms with Gasteiger partial charge in [-0.15, -0.1) is 0 Å². The van der Waals surface area contributed by atoms with E-state index in [2.05, 4.69) is 0 Å². The molecule has 0 amide bonds. The third-order valence-corrected chi connectivity index (χ3v) is 2.91. The zero-order valence-electron chi connectivity index (χ0n) is 8.24. The molecule has 0 radical (unpaired) electrons. The highest BCUT2D eigenvalue weighted by Crippen LogP contribution is 2.14. The lowest BCUT2D eigenvalue weighted by Crippen LogP contribution is -2.06. The van der Waals surface area contributed by atoms with Crippen LogP contribution in [0.3, 0.4) is 0 Å². The van der Waals surface area contributed by atoms with Gasteiger partial charge in [0.05, 0.1) is 5.56 Å². The number of rotatable bonds is 3. The molecular weight excluding hydrogens is 230 g/mol. The predicted octanol–water partition coefficient (Wildman–Crippen LogP) is 3.45. The van der Waals surface area contributed by atoms with Gasteiger partial charge in [0.15, 0.2) is 5.78 Å². The molecule has 0 aliphatic rings. The first-order valence-corrected chi connectivity index (χ1v) is 5.60. The van der Waals surface area contributed by atoms with Gasteiger partial charge in [0.2, 0.25) is 0 Å². The summed E-state index contributed by atoms with van der Waals surface area (Å²) in [5.74, 6) is -1.69. The summed E-state index contributed by atoms with van der Waals surface area (Å²) in [6, 6.07) is 4.69. The Bertz CT molecular complexity index is 506. The van der Waals surface area contributed by atoms with Gasteiger partial charge in [-0.3, -0.25) is 4.79 Å². The fourth-order valence-corrected chi connectivity index (χ4v) is 2.05. The van der Waals surface area contributed by atoms with Crippen molar-refractivity contribution < 1.29 is 13.6 Å². The van der Waals surface area contributed by atoms with Crippen LogP contribution in [0, 0.1) is 11.6 Å². The summed E-state index contributed by atoms with van der Waals surface area (Å²) in [5.41, 5.74) is 0.630. The normalized spacial score (nSPS) is 10.4. The quantitative estimate of drug-likeness (QED) is 0.748. The Kier molecular flexibility index (Phi) is 3.10. The Morgan fingerprint density at radius 3 is 2.75 bits per heavy atom. The maximum absolute atomic E-state index is 13.3. The number of hydrogen-bond donors (Lipinski definition) is 0. The lowest BCUT2D eigenvalue weighted by Gasteiger charge is -2.01. The number of carbonyl (C=O) groups excluding carboxylic acids is 1. The second-order valence-electron chi connectivity index (χ2n) is 3.36. The molecule has 1 aromatic carbocycles. The molecule has 2 aromatic rings. The maximum atomic E-state index is 13.3. The molecule has 0 N–H and O–H groups in total. The van der Waals surface area contributed by atoms with Crippen LogP contribution < -0.4 is 0 Å². The molecule has 0 aliphatic heterocycles. The van der Waals surface area contributed by atoms with Crippen molar-refractivity contribution in [1.29, 1.82) is 0 Å². The smallest absolute Gasteiger partial charge is 0.170 e. The zero-order chi connectivity index (χ0) is 11.5. The number of halogens is 2. The van der Waals surface area contributed by atoms with Gasteiger partial charge < -0.3 is 0 Å². The summed E-state index contributed by atoms with van der Waals surface area (Å²) < 4.78 is 26.1. The van der Waals surface area contributed by atoms with Gasteiger partial charge in [0, 0.05) is 6.42 Å². The first kappa shape index (κ1) is 11.0. The minimum atomic E-state index is -0.679. The van der Waals surface area contributed by atoms with E-state index in [0.29, 0.717) is 0 Å². The van der Waals surface area contributed by atoms with Crippen molar-refractivity contribution in [1.82, 2.24) is 0 Å². The third-order valence-electron chi connectivity index (χ3n) is 2.17. The highest BCUT2D eigenvalue weighted by Gasteiger charge is 2.13. The summed E-state index contributed by atoms with van der Waals surface area (Å²) in [6.45, 7) is 0. The molecule has 4 heteroatoms. The molecule has 0 aliphatic carbocycles. The molecule has 0 fully saturated rings. The van der Waals surface area contributed by atoms with E-state index < -0.39 is 17.4 Å². The molecule has 0 bridgehead atoms. The van der Waals surface area contributed by atoms with Crippen molar-refractivity contribution in [2.24, 2.45) is 0 Å². The maximum Gasteiger partial charge on any atom is 0.170 e. The van der Waals surface area contributed by atoms with E-state index in [0.717, 1.165) is 23.8 Å². The van der Waals surface area contributed by atoms with Crippen molar-refractivity contribution in [3.8, 4) is 0 Å². The molecular formula is C12H8F2OS. The lowest BCUT2D eigenvalue weighted by atomic mass is 10.0. The summed E-state index contributed by atoms with van der Waals surface area (Å²) in [4.78, 5) is 11.7. The number of Topliss-reactive ketones (excluding diaryl/α,β-unsaturated/α-hetero) is 1. The molecule has 0 saturated heterocycles. The van der Waals surface area contributed by atoms with Crippen LogP contribution in [-0.2, 0) is 6.42 Å². The van der Waals surface area contributed by atoms with Crippen molar-refractivity contribution >= 4 is 17.1 Å². The van der Waals surface area contributed by atoms with E-state index >= 15 is 0 Å². The summed E-state index contributed by atoms with van der Waals surface area (Å²) in [7, 11) is 0. The van der Waals surface area contributed by atoms with Crippen LogP contribution >= 0.6 is 11.3 Å². The highest BCUT2D eigenvalue weighted by atomic mass is 32.1. The van der Waals surface area contributed by atoms with Crippen LogP contribution in [0.15, 0.2) is 35.0 Å². The average molecular weight is 238 g/mol. The lowest BCUT2D eigenvalue weighted by molar-refractivity contribution is 0.0988. The van der Waals surface area contributed by atoms with Crippen molar-refractivity contribution in [3.63, 3.8) is 0 Å². The van der Waals surface area contributed by atoms with Crippen molar-refractivity contribution in [3.05, 3.63) is 57.8 Å². The Morgan fingerprint density at radius 1 is 1.25 bits per heavy atom. The van der Waals surface area contributed by atoms with Gasteiger partial charge in [-0.05, 0) is 40.6 Å². The molecule has 1 nitrogen and oxygen atoms in total. The number of thiophene rings is 1. The largest absolute Gasteiger partial charge is 0.294 e. The molecule has 82 valence electrons. The fraction of sp³-hybridized carbons (Fsp3) is 0.0833. The van der Waals surface area contributed by atoms with Crippen LogP contribution in [0.1, 0.15) is 15.9 Å². The van der Waals surface area contributed by atoms with Gasteiger partial charge in [-0.1, -0.05) is 0 Å². The van der Waals surface area contributed by atoms with Gasteiger partial charge in [0.25, 0.3) is 0 Å². The molecule has 1 aromatic heterocycles. The molecule has 1 heterocycles. The molecule has 0 spiro atoms. The van der Waals surface area contributed by atoms with Gasteiger partial charge in [0.1, 0.15) is 11.6 Å². The minimum Gasteiger partial charge on any atom is -0.294 e. The van der Waals surface area contributed by atoms with Crippen LogP contribution in [0.4, 0.5) is 8.78 Å². The van der Waals surface area contributed by atoms with Crippen molar-refractivity contribution in [2.45, 2.75) is 6.42 Å². The molecule has 0 atom stereocenters. The molecule has 0 unspecified atom stereocenters. The van der Waals surface area contributed by atoms with Crippen LogP contribution in [0.2, 0.25) is 0 Å². The minimum absolute atomic E-state index is 0.101. The molecule has 16 heavy (non-hydrogen) atoms. The van der Waals surface area contributed by atoms with E-state index in [-0.39, 0.29) is 12.0 Å². The number of carbonyl (C=O) groups is 1. The Balaban J connectivity index is 2.24. The van der Waals surface area contributed by atoms with Crippen molar-refractivity contribution in [2.75, 3.05) is 0 Å². The second-order valence-corrected chi connectivity index (χ2v) is 4.14. The first-order chi connectivity index (χ1) is 7.66. The van der Waals surface area contributed by atoms with Crippen LogP contribution in [0.25, 0.3) is 0 Å². The first-order valence-electron chi connectivity index (χ1n) is 4.66.